The lowest BCUT2D eigenvalue weighted by Crippen LogP contribution is -1.94. The van der Waals surface area contributed by atoms with E-state index in [1.165, 1.54) is 6.08 Å². The largest absolute Gasteiger partial charge is 0.300 e. The van der Waals surface area contributed by atoms with Gasteiger partial charge in [-0.15, -0.1) is 0 Å². The second-order valence-corrected chi connectivity index (χ2v) is 2.14. The van der Waals surface area contributed by atoms with Crippen molar-refractivity contribution in [3.8, 4) is 0 Å². The van der Waals surface area contributed by atoms with E-state index in [9.17, 15) is 0 Å². The van der Waals surface area contributed by atoms with Crippen LogP contribution in [0.4, 0.5) is 0 Å². The molecule has 0 amide bonds. The van der Waals surface area contributed by atoms with Crippen LogP contribution in [0.2, 0.25) is 0 Å². The molecule has 0 spiro atoms. The van der Waals surface area contributed by atoms with Gasteiger partial charge in [-0.25, -0.2) is 0 Å². The maximum Gasteiger partial charge on any atom is 0.0615 e. The molecule has 0 aliphatic rings. The zero-order chi connectivity index (χ0) is 8.15. The van der Waals surface area contributed by atoms with Crippen LogP contribution in [0.3, 0.4) is 0 Å². The molecule has 0 fully saturated rings. The molecule has 0 bridgehead atoms. The summed E-state index contributed by atoms with van der Waals surface area (Å²) < 4.78 is 0. The average molecular weight is 156 g/mol. The van der Waals surface area contributed by atoms with E-state index in [1.54, 1.807) is 13.0 Å². The summed E-state index contributed by atoms with van der Waals surface area (Å²) in [4.78, 5) is 0. The first-order valence-corrected chi connectivity index (χ1v) is 3.23. The minimum Gasteiger partial charge on any atom is -0.300 e. The van der Waals surface area contributed by atoms with E-state index in [1.807, 2.05) is 0 Å². The maximum atomic E-state index is 7.23. The first-order valence-electron chi connectivity index (χ1n) is 2.86. The standard InChI is InChI=1S/C8H10ClN/c1-4-7(9)6(3)8(10)5-2/h4-5,10H,2-3H2,1H3/b7-4+,10-8?. The monoisotopic (exact) mass is 155 g/mol. The quantitative estimate of drug-likeness (QED) is 0.479. The van der Waals surface area contributed by atoms with Gasteiger partial charge in [-0.1, -0.05) is 30.8 Å². The number of nitrogens with one attached hydrogen (secondary N) is 1. The lowest BCUT2D eigenvalue weighted by molar-refractivity contribution is 1.50. The van der Waals surface area contributed by atoms with Gasteiger partial charge in [0.25, 0.3) is 0 Å². The van der Waals surface area contributed by atoms with Crippen LogP contribution in [-0.4, -0.2) is 5.71 Å². The molecule has 0 unspecified atom stereocenters. The van der Waals surface area contributed by atoms with Crippen molar-refractivity contribution >= 4 is 17.3 Å². The molecule has 2 heteroatoms. The van der Waals surface area contributed by atoms with Crippen molar-refractivity contribution in [2.75, 3.05) is 0 Å². The zero-order valence-corrected chi connectivity index (χ0v) is 6.70. The van der Waals surface area contributed by atoms with Crippen molar-refractivity contribution in [3.05, 3.63) is 35.9 Å². The normalized spacial score (nSPS) is 10.8. The number of rotatable bonds is 3. The van der Waals surface area contributed by atoms with E-state index in [0.717, 1.165) is 0 Å². The molecule has 0 saturated carbocycles. The summed E-state index contributed by atoms with van der Waals surface area (Å²) in [5, 5.41) is 7.74. The molecule has 0 rings (SSSR count). The van der Waals surface area contributed by atoms with Gasteiger partial charge >= 0.3 is 0 Å². The summed E-state index contributed by atoms with van der Waals surface area (Å²) in [6, 6.07) is 0. The van der Waals surface area contributed by atoms with Crippen molar-refractivity contribution in [3.63, 3.8) is 0 Å². The van der Waals surface area contributed by atoms with Gasteiger partial charge in [0.2, 0.25) is 0 Å². The molecular formula is C8H10ClN. The minimum atomic E-state index is 0.267. The van der Waals surface area contributed by atoms with Crippen molar-refractivity contribution in [1.29, 1.82) is 5.41 Å². The molecule has 10 heavy (non-hydrogen) atoms. The van der Waals surface area contributed by atoms with E-state index in [0.29, 0.717) is 10.6 Å². The Kier molecular flexibility index (Phi) is 3.74. The van der Waals surface area contributed by atoms with Crippen LogP contribution in [0.5, 0.6) is 0 Å². The molecule has 1 nitrogen and oxygen atoms in total. The SMILES string of the molecule is C=CC(=N)C(=C)/C(Cl)=C\C. The first-order chi connectivity index (χ1) is 4.63. The lowest BCUT2D eigenvalue weighted by atomic mass is 10.1. The topological polar surface area (TPSA) is 23.9 Å². The molecule has 0 atom stereocenters. The lowest BCUT2D eigenvalue weighted by Gasteiger charge is -1.99. The van der Waals surface area contributed by atoms with Crippen molar-refractivity contribution in [2.45, 2.75) is 6.92 Å². The summed E-state index contributed by atoms with van der Waals surface area (Å²) in [5.74, 6) is 0. The Hall–Kier alpha value is -0.820. The maximum absolute atomic E-state index is 7.23. The molecule has 0 aromatic rings. The third kappa shape index (κ3) is 2.19. The number of hydrogen-bond acceptors (Lipinski definition) is 1. The van der Waals surface area contributed by atoms with Crippen molar-refractivity contribution in [2.24, 2.45) is 0 Å². The fourth-order valence-corrected chi connectivity index (χ4v) is 0.528. The summed E-state index contributed by atoms with van der Waals surface area (Å²) in [6.45, 7) is 8.82. The fraction of sp³-hybridized carbons (Fsp3) is 0.125. The van der Waals surface area contributed by atoms with Crippen LogP contribution in [-0.2, 0) is 0 Å². The molecule has 0 aliphatic heterocycles. The fourth-order valence-electron chi connectivity index (χ4n) is 0.426. The molecule has 0 radical (unpaired) electrons. The van der Waals surface area contributed by atoms with Crippen LogP contribution in [0, 0.1) is 5.41 Å². The van der Waals surface area contributed by atoms with Crippen molar-refractivity contribution in [1.82, 2.24) is 0 Å². The average Bonchev–Trinajstić information content (AvgIpc) is 2.00. The van der Waals surface area contributed by atoms with Crippen LogP contribution >= 0.6 is 11.6 Å². The summed E-state index contributed by atoms with van der Waals surface area (Å²) >= 11 is 5.66. The third-order valence-corrected chi connectivity index (χ3v) is 1.52. The van der Waals surface area contributed by atoms with Gasteiger partial charge in [0, 0.05) is 10.6 Å². The van der Waals surface area contributed by atoms with Gasteiger partial charge < -0.3 is 5.41 Å². The summed E-state index contributed by atoms with van der Waals surface area (Å²) in [6.07, 6.45) is 3.11. The zero-order valence-electron chi connectivity index (χ0n) is 5.95. The molecular weight excluding hydrogens is 146 g/mol. The Balaban J connectivity index is 4.38. The van der Waals surface area contributed by atoms with Gasteiger partial charge in [-0.3, -0.25) is 0 Å². The number of allylic oxidation sites excluding steroid dienone is 4. The van der Waals surface area contributed by atoms with E-state index in [2.05, 4.69) is 13.2 Å². The predicted octanol–water partition coefficient (Wildman–Crippen LogP) is 2.89. The second kappa shape index (κ2) is 4.07. The Morgan fingerprint density at radius 1 is 1.60 bits per heavy atom. The Morgan fingerprint density at radius 3 is 2.40 bits per heavy atom. The van der Waals surface area contributed by atoms with Gasteiger partial charge in [0.15, 0.2) is 0 Å². The van der Waals surface area contributed by atoms with Gasteiger partial charge in [0.05, 0.1) is 5.71 Å². The molecule has 0 aromatic heterocycles. The third-order valence-electron chi connectivity index (χ3n) is 1.07. The van der Waals surface area contributed by atoms with E-state index < -0.39 is 0 Å². The predicted molar refractivity (Wildman–Crippen MR) is 46.7 cm³/mol. The van der Waals surface area contributed by atoms with Gasteiger partial charge in [-0.05, 0) is 13.0 Å². The van der Waals surface area contributed by atoms with Crippen molar-refractivity contribution < 1.29 is 0 Å². The molecule has 0 heterocycles. The molecule has 0 aliphatic carbocycles. The Labute approximate surface area is 66.2 Å². The highest BCUT2D eigenvalue weighted by molar-refractivity contribution is 6.36. The van der Waals surface area contributed by atoms with Gasteiger partial charge in [-0.2, -0.15) is 0 Å². The molecule has 0 saturated heterocycles. The van der Waals surface area contributed by atoms with E-state index in [4.69, 9.17) is 17.0 Å². The Bertz CT molecular complexity index is 197. The summed E-state index contributed by atoms with van der Waals surface area (Å²) in [5.41, 5.74) is 0.780. The first kappa shape index (κ1) is 9.18. The summed E-state index contributed by atoms with van der Waals surface area (Å²) in [7, 11) is 0. The highest BCUT2D eigenvalue weighted by atomic mass is 35.5. The number of hydrogen-bond donors (Lipinski definition) is 1. The number of halogens is 1. The van der Waals surface area contributed by atoms with E-state index >= 15 is 0 Å². The van der Waals surface area contributed by atoms with Crippen LogP contribution in [0.25, 0.3) is 0 Å². The molecule has 0 aromatic carbocycles. The molecule has 54 valence electrons. The highest BCUT2D eigenvalue weighted by Gasteiger charge is 2.00. The highest BCUT2D eigenvalue weighted by Crippen LogP contribution is 2.13. The second-order valence-electron chi connectivity index (χ2n) is 1.73. The van der Waals surface area contributed by atoms with Crippen LogP contribution in [0.1, 0.15) is 6.92 Å². The van der Waals surface area contributed by atoms with E-state index in [-0.39, 0.29) is 5.71 Å². The van der Waals surface area contributed by atoms with Gasteiger partial charge in [0.1, 0.15) is 0 Å². The molecule has 1 N–H and O–H groups in total. The van der Waals surface area contributed by atoms with Crippen LogP contribution < -0.4 is 0 Å². The van der Waals surface area contributed by atoms with Crippen LogP contribution in [0.15, 0.2) is 35.9 Å². The smallest absolute Gasteiger partial charge is 0.0615 e. The minimum absolute atomic E-state index is 0.267. The Morgan fingerprint density at radius 2 is 2.10 bits per heavy atom.